The van der Waals surface area contributed by atoms with Crippen molar-refractivity contribution in [3.63, 3.8) is 0 Å². The standard InChI is InChI=1S/C23H21FN2O3/c24-18-8-10-19(11-9-18)25-12-14-26(15-13-25)22(27)16-29-23(28)21-7-3-5-17-4-1-2-6-20(17)21/h1-11H,12-16H2. The van der Waals surface area contributed by atoms with Crippen molar-refractivity contribution in [1.82, 2.24) is 4.90 Å². The number of carbonyl (C=O) groups is 2. The molecule has 0 unspecified atom stereocenters. The minimum atomic E-state index is -0.500. The number of hydrogen-bond acceptors (Lipinski definition) is 4. The molecule has 1 aliphatic heterocycles. The second-order valence-electron chi connectivity index (χ2n) is 6.95. The predicted octanol–water partition coefficient (Wildman–Crippen LogP) is 3.48. The van der Waals surface area contributed by atoms with Gasteiger partial charge in [0.15, 0.2) is 6.61 Å². The van der Waals surface area contributed by atoms with E-state index in [2.05, 4.69) is 4.90 Å². The van der Waals surface area contributed by atoms with Gasteiger partial charge in [0.2, 0.25) is 0 Å². The van der Waals surface area contributed by atoms with Gasteiger partial charge in [-0.1, -0.05) is 36.4 Å². The zero-order valence-corrected chi connectivity index (χ0v) is 15.9. The number of carbonyl (C=O) groups excluding carboxylic acids is 2. The van der Waals surface area contributed by atoms with E-state index in [0.717, 1.165) is 16.5 Å². The molecule has 0 saturated carbocycles. The number of esters is 1. The second kappa shape index (κ2) is 8.31. The van der Waals surface area contributed by atoms with Crippen LogP contribution in [0.4, 0.5) is 10.1 Å². The molecule has 3 aromatic rings. The van der Waals surface area contributed by atoms with E-state index in [9.17, 15) is 14.0 Å². The summed E-state index contributed by atoms with van der Waals surface area (Å²) >= 11 is 0. The quantitative estimate of drug-likeness (QED) is 0.638. The van der Waals surface area contributed by atoms with Crippen LogP contribution < -0.4 is 4.90 Å². The molecule has 1 aliphatic rings. The number of hydrogen-bond donors (Lipinski definition) is 0. The molecule has 4 rings (SSSR count). The van der Waals surface area contributed by atoms with Crippen LogP contribution >= 0.6 is 0 Å². The van der Waals surface area contributed by atoms with Gasteiger partial charge in [0, 0.05) is 31.9 Å². The molecule has 0 spiro atoms. The van der Waals surface area contributed by atoms with Crippen molar-refractivity contribution in [3.8, 4) is 0 Å². The molecule has 1 fully saturated rings. The van der Waals surface area contributed by atoms with Crippen LogP contribution in [0.1, 0.15) is 10.4 Å². The van der Waals surface area contributed by atoms with Crippen LogP contribution in [0.2, 0.25) is 0 Å². The van der Waals surface area contributed by atoms with Gasteiger partial charge >= 0.3 is 5.97 Å². The van der Waals surface area contributed by atoms with Crippen molar-refractivity contribution in [1.29, 1.82) is 0 Å². The predicted molar refractivity (Wildman–Crippen MR) is 109 cm³/mol. The molecule has 1 saturated heterocycles. The van der Waals surface area contributed by atoms with Crippen LogP contribution in [0.15, 0.2) is 66.7 Å². The third-order valence-electron chi connectivity index (χ3n) is 5.16. The van der Waals surface area contributed by atoms with Crippen molar-refractivity contribution < 1.29 is 18.7 Å². The Balaban J connectivity index is 1.32. The van der Waals surface area contributed by atoms with Gasteiger partial charge in [0.05, 0.1) is 5.56 Å². The van der Waals surface area contributed by atoms with E-state index in [0.29, 0.717) is 31.7 Å². The van der Waals surface area contributed by atoms with Crippen molar-refractivity contribution in [2.75, 3.05) is 37.7 Å². The largest absolute Gasteiger partial charge is 0.452 e. The fraction of sp³-hybridized carbons (Fsp3) is 0.217. The van der Waals surface area contributed by atoms with E-state index in [4.69, 9.17) is 4.74 Å². The van der Waals surface area contributed by atoms with Crippen LogP contribution in [0, 0.1) is 5.82 Å². The monoisotopic (exact) mass is 392 g/mol. The third-order valence-corrected chi connectivity index (χ3v) is 5.16. The molecule has 3 aromatic carbocycles. The molecule has 0 aromatic heterocycles. The van der Waals surface area contributed by atoms with Crippen LogP contribution in [0.25, 0.3) is 10.8 Å². The van der Waals surface area contributed by atoms with Crippen molar-refractivity contribution in [2.45, 2.75) is 0 Å². The van der Waals surface area contributed by atoms with E-state index in [-0.39, 0.29) is 18.3 Å². The fourth-order valence-corrected chi connectivity index (χ4v) is 3.57. The molecular formula is C23H21FN2O3. The number of rotatable bonds is 4. The first-order valence-corrected chi connectivity index (χ1v) is 9.55. The highest BCUT2D eigenvalue weighted by molar-refractivity contribution is 6.04. The maximum atomic E-state index is 13.1. The van der Waals surface area contributed by atoms with Crippen molar-refractivity contribution in [3.05, 3.63) is 78.1 Å². The van der Waals surface area contributed by atoms with Crippen molar-refractivity contribution >= 4 is 28.3 Å². The van der Waals surface area contributed by atoms with Gasteiger partial charge in [-0.05, 0) is 41.1 Å². The summed E-state index contributed by atoms with van der Waals surface area (Å²) in [5.41, 5.74) is 1.39. The smallest absolute Gasteiger partial charge is 0.339 e. The summed E-state index contributed by atoms with van der Waals surface area (Å²) in [7, 11) is 0. The Bertz CT molecular complexity index is 1020. The van der Waals surface area contributed by atoms with Gasteiger partial charge in [-0.25, -0.2) is 9.18 Å². The molecular weight excluding hydrogens is 371 g/mol. The highest BCUT2D eigenvalue weighted by atomic mass is 19.1. The zero-order valence-electron chi connectivity index (χ0n) is 15.9. The Kier molecular flexibility index (Phi) is 5.42. The number of halogens is 1. The number of anilines is 1. The highest BCUT2D eigenvalue weighted by Gasteiger charge is 2.22. The average molecular weight is 392 g/mol. The number of nitrogens with zero attached hydrogens (tertiary/aromatic N) is 2. The molecule has 0 bridgehead atoms. The first-order chi connectivity index (χ1) is 14.1. The lowest BCUT2D eigenvalue weighted by Crippen LogP contribution is -2.49. The van der Waals surface area contributed by atoms with Gasteiger partial charge in [-0.3, -0.25) is 4.79 Å². The highest BCUT2D eigenvalue weighted by Crippen LogP contribution is 2.20. The van der Waals surface area contributed by atoms with E-state index in [1.54, 1.807) is 29.2 Å². The number of fused-ring (bicyclic) bond motifs is 1. The molecule has 6 heteroatoms. The first kappa shape index (κ1) is 18.9. The van der Waals surface area contributed by atoms with Crippen LogP contribution in [-0.4, -0.2) is 49.6 Å². The van der Waals surface area contributed by atoms with Crippen LogP contribution in [-0.2, 0) is 9.53 Å². The molecule has 5 nitrogen and oxygen atoms in total. The summed E-state index contributed by atoms with van der Waals surface area (Å²) in [6.07, 6.45) is 0. The van der Waals surface area contributed by atoms with Crippen LogP contribution in [0.3, 0.4) is 0 Å². The lowest BCUT2D eigenvalue weighted by molar-refractivity contribution is -0.134. The second-order valence-corrected chi connectivity index (χ2v) is 6.95. The maximum absolute atomic E-state index is 13.1. The molecule has 0 atom stereocenters. The lowest BCUT2D eigenvalue weighted by atomic mass is 10.1. The lowest BCUT2D eigenvalue weighted by Gasteiger charge is -2.36. The normalized spacial score (nSPS) is 14.1. The van der Waals surface area contributed by atoms with Gasteiger partial charge in [0.1, 0.15) is 5.82 Å². The molecule has 29 heavy (non-hydrogen) atoms. The topological polar surface area (TPSA) is 49.9 Å². The minimum absolute atomic E-state index is 0.211. The Morgan fingerprint density at radius 1 is 0.862 bits per heavy atom. The summed E-state index contributed by atoms with van der Waals surface area (Å²) in [5, 5.41) is 1.76. The number of piperazine rings is 1. The van der Waals surface area contributed by atoms with Gasteiger partial charge in [-0.15, -0.1) is 0 Å². The summed E-state index contributed by atoms with van der Waals surface area (Å²) in [6, 6.07) is 19.3. The summed E-state index contributed by atoms with van der Waals surface area (Å²) in [5.74, 6) is -0.979. The Hall–Kier alpha value is -3.41. The van der Waals surface area contributed by atoms with Crippen molar-refractivity contribution in [2.24, 2.45) is 0 Å². The zero-order chi connectivity index (χ0) is 20.2. The molecule has 0 N–H and O–H groups in total. The average Bonchev–Trinajstić information content (AvgIpc) is 2.77. The molecule has 1 heterocycles. The minimum Gasteiger partial charge on any atom is -0.452 e. The Morgan fingerprint density at radius 3 is 2.31 bits per heavy atom. The van der Waals surface area contributed by atoms with Crippen LogP contribution in [0.5, 0.6) is 0 Å². The SMILES string of the molecule is O=C(OCC(=O)N1CCN(c2ccc(F)cc2)CC1)c1cccc2ccccc12. The molecule has 1 amide bonds. The first-order valence-electron chi connectivity index (χ1n) is 9.55. The van der Waals surface area contributed by atoms with E-state index < -0.39 is 5.97 Å². The Morgan fingerprint density at radius 2 is 1.55 bits per heavy atom. The number of amides is 1. The Labute approximate surface area is 168 Å². The maximum Gasteiger partial charge on any atom is 0.339 e. The molecule has 0 aliphatic carbocycles. The molecule has 148 valence electrons. The number of benzene rings is 3. The summed E-state index contributed by atoms with van der Waals surface area (Å²) in [4.78, 5) is 28.7. The van der Waals surface area contributed by atoms with Gasteiger partial charge < -0.3 is 14.5 Å². The fourth-order valence-electron chi connectivity index (χ4n) is 3.57. The van der Waals surface area contributed by atoms with Gasteiger partial charge in [0.25, 0.3) is 5.91 Å². The van der Waals surface area contributed by atoms with E-state index in [1.807, 2.05) is 30.3 Å². The van der Waals surface area contributed by atoms with E-state index >= 15 is 0 Å². The van der Waals surface area contributed by atoms with Gasteiger partial charge in [-0.2, -0.15) is 0 Å². The molecule has 0 radical (unpaired) electrons. The third kappa shape index (κ3) is 4.21. The number of ether oxygens (including phenoxy) is 1. The summed E-state index contributed by atoms with van der Waals surface area (Å²) < 4.78 is 18.4. The van der Waals surface area contributed by atoms with E-state index in [1.165, 1.54) is 12.1 Å². The summed E-state index contributed by atoms with van der Waals surface area (Å²) in [6.45, 7) is 2.08.